The van der Waals surface area contributed by atoms with Gasteiger partial charge in [-0.2, -0.15) is 8.78 Å². The lowest BCUT2D eigenvalue weighted by Gasteiger charge is -2.12. The zero-order chi connectivity index (χ0) is 20.7. The summed E-state index contributed by atoms with van der Waals surface area (Å²) in [6.45, 7) is 0.857. The minimum absolute atomic E-state index is 0.0896. The van der Waals surface area contributed by atoms with Gasteiger partial charge in [-0.15, -0.1) is 0 Å². The number of alkyl halides is 2. The van der Waals surface area contributed by atoms with Crippen molar-refractivity contribution in [3.05, 3.63) is 58.7 Å². The summed E-state index contributed by atoms with van der Waals surface area (Å²) in [6, 6.07) is 9.68. The van der Waals surface area contributed by atoms with Gasteiger partial charge in [0.15, 0.2) is 11.5 Å². The third kappa shape index (κ3) is 5.94. The highest BCUT2D eigenvalue weighted by molar-refractivity contribution is 5.96. The average Bonchev–Trinajstić information content (AvgIpc) is 2.66. The van der Waals surface area contributed by atoms with E-state index in [9.17, 15) is 18.4 Å². The van der Waals surface area contributed by atoms with Crippen molar-refractivity contribution < 1.29 is 27.8 Å². The predicted octanol–water partition coefficient (Wildman–Crippen LogP) is 2.96. The van der Waals surface area contributed by atoms with E-state index in [-0.39, 0.29) is 36.4 Å². The first-order valence-corrected chi connectivity index (χ1v) is 8.54. The van der Waals surface area contributed by atoms with Crippen molar-refractivity contribution in [3.8, 4) is 11.5 Å². The Morgan fingerprint density at radius 1 is 1.00 bits per heavy atom. The van der Waals surface area contributed by atoms with Crippen molar-refractivity contribution >= 4 is 11.8 Å². The molecule has 0 unspecified atom stereocenters. The average molecular weight is 392 g/mol. The summed E-state index contributed by atoms with van der Waals surface area (Å²) in [5, 5.41) is 5.20. The standard InChI is InChI=1S/C20H22F2N2O4/c1-12-4-6-15(8-13(12)2)19(26)24-11-18(25)23-10-14-5-7-16(28-20(21)22)17(9-14)27-3/h4-9,20H,10-11H2,1-3H3,(H,23,25)(H,24,26). The number of carbonyl (C=O) groups excluding carboxylic acids is 2. The Kier molecular flexibility index (Phi) is 7.31. The lowest BCUT2D eigenvalue weighted by atomic mass is 10.1. The van der Waals surface area contributed by atoms with E-state index in [1.54, 1.807) is 12.1 Å². The number of rotatable bonds is 8. The number of carbonyl (C=O) groups is 2. The summed E-state index contributed by atoms with van der Waals surface area (Å²) in [4.78, 5) is 24.1. The molecule has 2 amide bonds. The number of benzene rings is 2. The summed E-state index contributed by atoms with van der Waals surface area (Å²) in [5.41, 5.74) is 3.18. The Morgan fingerprint density at radius 2 is 1.75 bits per heavy atom. The van der Waals surface area contributed by atoms with Gasteiger partial charge in [-0.05, 0) is 54.8 Å². The molecule has 150 valence electrons. The molecule has 0 radical (unpaired) electrons. The number of amides is 2. The van der Waals surface area contributed by atoms with Crippen LogP contribution >= 0.6 is 0 Å². The summed E-state index contributed by atoms with van der Waals surface area (Å²) in [6.07, 6.45) is 0. The summed E-state index contributed by atoms with van der Waals surface area (Å²) in [7, 11) is 1.33. The molecule has 6 nitrogen and oxygen atoms in total. The zero-order valence-electron chi connectivity index (χ0n) is 15.8. The molecule has 0 aliphatic rings. The number of ether oxygens (including phenoxy) is 2. The van der Waals surface area contributed by atoms with Crippen molar-refractivity contribution in [1.29, 1.82) is 0 Å². The highest BCUT2D eigenvalue weighted by atomic mass is 19.3. The highest BCUT2D eigenvalue weighted by Gasteiger charge is 2.12. The molecule has 0 heterocycles. The first-order valence-electron chi connectivity index (χ1n) is 8.54. The van der Waals surface area contributed by atoms with E-state index in [0.29, 0.717) is 11.1 Å². The van der Waals surface area contributed by atoms with Crippen LogP contribution in [0.15, 0.2) is 36.4 Å². The first-order chi connectivity index (χ1) is 13.3. The number of nitrogens with one attached hydrogen (secondary N) is 2. The molecule has 2 N–H and O–H groups in total. The Hall–Kier alpha value is -3.16. The van der Waals surface area contributed by atoms with Crippen molar-refractivity contribution in [2.24, 2.45) is 0 Å². The SMILES string of the molecule is COc1cc(CNC(=O)CNC(=O)c2ccc(C)c(C)c2)ccc1OC(F)F. The van der Waals surface area contributed by atoms with Crippen LogP contribution in [0.5, 0.6) is 11.5 Å². The zero-order valence-corrected chi connectivity index (χ0v) is 15.8. The van der Waals surface area contributed by atoms with E-state index in [1.807, 2.05) is 19.9 Å². The largest absolute Gasteiger partial charge is 0.493 e. The molecule has 2 aromatic carbocycles. The van der Waals surface area contributed by atoms with E-state index in [0.717, 1.165) is 11.1 Å². The van der Waals surface area contributed by atoms with Crippen LogP contribution in [-0.4, -0.2) is 32.1 Å². The van der Waals surface area contributed by atoms with Gasteiger partial charge in [0, 0.05) is 12.1 Å². The Balaban J connectivity index is 1.86. The molecule has 0 aliphatic carbocycles. The second kappa shape index (κ2) is 9.68. The van der Waals surface area contributed by atoms with Crippen molar-refractivity contribution in [3.63, 3.8) is 0 Å². The van der Waals surface area contributed by atoms with Gasteiger partial charge in [0.2, 0.25) is 5.91 Å². The van der Waals surface area contributed by atoms with Crippen LogP contribution in [0.25, 0.3) is 0 Å². The molecule has 0 saturated carbocycles. The molecule has 0 aromatic heterocycles. The molecule has 0 fully saturated rings. The third-order valence-electron chi connectivity index (χ3n) is 4.11. The minimum atomic E-state index is -2.96. The topological polar surface area (TPSA) is 76.7 Å². The predicted molar refractivity (Wildman–Crippen MR) is 99.7 cm³/mol. The Morgan fingerprint density at radius 3 is 2.39 bits per heavy atom. The Bertz CT molecular complexity index is 856. The highest BCUT2D eigenvalue weighted by Crippen LogP contribution is 2.29. The number of aryl methyl sites for hydroxylation is 2. The van der Waals surface area contributed by atoms with Gasteiger partial charge in [-0.3, -0.25) is 9.59 Å². The summed E-state index contributed by atoms with van der Waals surface area (Å²) >= 11 is 0. The number of methoxy groups -OCH3 is 1. The van der Waals surface area contributed by atoms with Crippen molar-refractivity contribution in [1.82, 2.24) is 10.6 Å². The van der Waals surface area contributed by atoms with Gasteiger partial charge in [-0.25, -0.2) is 0 Å². The summed E-state index contributed by atoms with van der Waals surface area (Å²) in [5.74, 6) is -0.680. The van der Waals surface area contributed by atoms with Crippen LogP contribution in [0, 0.1) is 13.8 Å². The maximum atomic E-state index is 12.3. The van der Waals surface area contributed by atoms with E-state index in [2.05, 4.69) is 15.4 Å². The quantitative estimate of drug-likeness (QED) is 0.724. The van der Waals surface area contributed by atoms with Crippen LogP contribution in [0.4, 0.5) is 8.78 Å². The molecule has 28 heavy (non-hydrogen) atoms. The molecule has 8 heteroatoms. The molecule has 2 rings (SSSR count). The van der Waals surface area contributed by atoms with Gasteiger partial charge in [0.1, 0.15) is 0 Å². The third-order valence-corrected chi connectivity index (χ3v) is 4.11. The molecule has 0 saturated heterocycles. The molecule has 2 aromatic rings. The number of hydrogen-bond donors (Lipinski definition) is 2. The summed E-state index contributed by atoms with van der Waals surface area (Å²) < 4.78 is 34.0. The van der Waals surface area contributed by atoms with Crippen LogP contribution < -0.4 is 20.1 Å². The van der Waals surface area contributed by atoms with E-state index < -0.39 is 6.61 Å². The van der Waals surface area contributed by atoms with Crippen molar-refractivity contribution in [2.45, 2.75) is 27.0 Å². The maximum absolute atomic E-state index is 12.3. The van der Waals surface area contributed by atoms with Gasteiger partial charge >= 0.3 is 6.61 Å². The van der Waals surface area contributed by atoms with Gasteiger partial charge in [-0.1, -0.05) is 12.1 Å². The molecular weight excluding hydrogens is 370 g/mol. The maximum Gasteiger partial charge on any atom is 0.387 e. The monoisotopic (exact) mass is 392 g/mol. The number of halogens is 2. The normalized spacial score (nSPS) is 10.5. The molecule has 0 spiro atoms. The minimum Gasteiger partial charge on any atom is -0.493 e. The smallest absolute Gasteiger partial charge is 0.387 e. The number of hydrogen-bond acceptors (Lipinski definition) is 4. The van der Waals surface area contributed by atoms with Crippen LogP contribution in [0.1, 0.15) is 27.0 Å². The molecule has 0 atom stereocenters. The van der Waals surface area contributed by atoms with Gasteiger partial charge in [0.05, 0.1) is 13.7 Å². The van der Waals surface area contributed by atoms with Crippen LogP contribution in [0.3, 0.4) is 0 Å². The lowest BCUT2D eigenvalue weighted by Crippen LogP contribution is -2.36. The Labute approximate surface area is 161 Å². The fourth-order valence-corrected chi connectivity index (χ4v) is 2.42. The first kappa shape index (κ1) is 21.1. The van der Waals surface area contributed by atoms with Crippen molar-refractivity contribution in [2.75, 3.05) is 13.7 Å². The van der Waals surface area contributed by atoms with Gasteiger partial charge in [0.25, 0.3) is 5.91 Å². The van der Waals surface area contributed by atoms with E-state index in [4.69, 9.17) is 4.74 Å². The molecular formula is C20H22F2N2O4. The van der Waals surface area contributed by atoms with Gasteiger partial charge < -0.3 is 20.1 Å². The molecule has 0 bridgehead atoms. The van der Waals surface area contributed by atoms with Crippen LogP contribution in [0.2, 0.25) is 0 Å². The second-order valence-electron chi connectivity index (χ2n) is 6.12. The fourth-order valence-electron chi connectivity index (χ4n) is 2.42. The second-order valence-corrected chi connectivity index (χ2v) is 6.12. The van der Waals surface area contributed by atoms with E-state index >= 15 is 0 Å². The van der Waals surface area contributed by atoms with Crippen LogP contribution in [-0.2, 0) is 11.3 Å². The van der Waals surface area contributed by atoms with E-state index in [1.165, 1.54) is 25.3 Å². The molecule has 0 aliphatic heterocycles. The lowest BCUT2D eigenvalue weighted by molar-refractivity contribution is -0.120. The fraction of sp³-hybridized carbons (Fsp3) is 0.300.